The van der Waals surface area contributed by atoms with Crippen molar-refractivity contribution < 1.29 is 9.90 Å². The zero-order chi connectivity index (χ0) is 11.5. The SMILES string of the molecule is Cc1ccc(C2=C(C(=O)O)CCCC2)cc1.Cl. The van der Waals surface area contributed by atoms with Crippen molar-refractivity contribution in [1.29, 1.82) is 0 Å². The quantitative estimate of drug-likeness (QED) is 0.869. The highest BCUT2D eigenvalue weighted by Crippen LogP contribution is 2.32. The van der Waals surface area contributed by atoms with E-state index in [0.717, 1.165) is 30.4 Å². The number of hydrogen-bond acceptors (Lipinski definition) is 1. The predicted molar refractivity (Wildman–Crippen MR) is 71.5 cm³/mol. The van der Waals surface area contributed by atoms with Gasteiger partial charge < -0.3 is 5.11 Å². The molecule has 1 N–H and O–H groups in total. The van der Waals surface area contributed by atoms with Crippen molar-refractivity contribution in [2.75, 3.05) is 0 Å². The summed E-state index contributed by atoms with van der Waals surface area (Å²) in [4.78, 5) is 11.1. The molecule has 0 atom stereocenters. The first kappa shape index (κ1) is 13.8. The van der Waals surface area contributed by atoms with Crippen molar-refractivity contribution in [3.8, 4) is 0 Å². The van der Waals surface area contributed by atoms with E-state index >= 15 is 0 Å². The van der Waals surface area contributed by atoms with Gasteiger partial charge >= 0.3 is 5.97 Å². The number of allylic oxidation sites excluding steroid dienone is 1. The highest BCUT2D eigenvalue weighted by atomic mass is 35.5. The molecule has 1 aromatic carbocycles. The molecular formula is C14H17ClO2. The molecule has 1 aliphatic carbocycles. The number of aliphatic carboxylic acids is 1. The van der Waals surface area contributed by atoms with Crippen molar-refractivity contribution in [3.63, 3.8) is 0 Å². The minimum atomic E-state index is -0.754. The Morgan fingerprint density at radius 3 is 2.29 bits per heavy atom. The van der Waals surface area contributed by atoms with Crippen LogP contribution in [0, 0.1) is 6.92 Å². The molecule has 17 heavy (non-hydrogen) atoms. The number of carboxylic acids is 1. The average Bonchev–Trinajstić information content (AvgIpc) is 2.30. The Morgan fingerprint density at radius 2 is 1.71 bits per heavy atom. The zero-order valence-corrected chi connectivity index (χ0v) is 10.7. The summed E-state index contributed by atoms with van der Waals surface area (Å²) in [5.74, 6) is -0.754. The third-order valence-electron chi connectivity index (χ3n) is 3.13. The summed E-state index contributed by atoms with van der Waals surface area (Å²) in [6.45, 7) is 2.04. The lowest BCUT2D eigenvalue weighted by molar-refractivity contribution is -0.132. The van der Waals surface area contributed by atoms with Gasteiger partial charge in [0, 0.05) is 5.57 Å². The zero-order valence-electron chi connectivity index (χ0n) is 9.90. The Labute approximate surface area is 108 Å². The number of benzene rings is 1. The predicted octanol–water partition coefficient (Wildman–Crippen LogP) is 3.83. The second-order valence-corrected chi connectivity index (χ2v) is 4.34. The standard InChI is InChI=1S/C14H16O2.ClH/c1-10-6-8-11(9-7-10)12-4-2-3-5-13(12)14(15)16;/h6-9H,2-5H2,1H3,(H,15,16);1H. The lowest BCUT2D eigenvalue weighted by Gasteiger charge is -2.18. The first-order valence-electron chi connectivity index (χ1n) is 5.71. The van der Waals surface area contributed by atoms with Crippen LogP contribution in [0.4, 0.5) is 0 Å². The molecule has 0 saturated carbocycles. The van der Waals surface area contributed by atoms with Crippen LogP contribution in [0.3, 0.4) is 0 Å². The van der Waals surface area contributed by atoms with Gasteiger partial charge in [0.2, 0.25) is 0 Å². The van der Waals surface area contributed by atoms with Gasteiger partial charge in [-0.1, -0.05) is 29.8 Å². The minimum absolute atomic E-state index is 0. The van der Waals surface area contributed by atoms with Crippen molar-refractivity contribution in [1.82, 2.24) is 0 Å². The van der Waals surface area contributed by atoms with Gasteiger partial charge in [-0.25, -0.2) is 4.79 Å². The Balaban J connectivity index is 0.00000144. The summed E-state index contributed by atoms with van der Waals surface area (Å²) in [6.07, 6.45) is 3.69. The highest BCUT2D eigenvalue weighted by molar-refractivity contribution is 5.96. The summed E-state index contributed by atoms with van der Waals surface area (Å²) in [6, 6.07) is 8.13. The smallest absolute Gasteiger partial charge is 0.331 e. The van der Waals surface area contributed by atoms with Crippen LogP contribution in [0.2, 0.25) is 0 Å². The van der Waals surface area contributed by atoms with Gasteiger partial charge in [-0.15, -0.1) is 12.4 Å². The van der Waals surface area contributed by atoms with Crippen LogP contribution in [0.5, 0.6) is 0 Å². The monoisotopic (exact) mass is 252 g/mol. The van der Waals surface area contributed by atoms with Gasteiger partial charge in [0.15, 0.2) is 0 Å². The molecule has 1 aromatic rings. The normalized spacial score (nSPS) is 15.4. The third kappa shape index (κ3) is 3.10. The summed E-state index contributed by atoms with van der Waals surface area (Å²) in [5.41, 5.74) is 3.91. The van der Waals surface area contributed by atoms with Gasteiger partial charge in [-0.3, -0.25) is 0 Å². The molecule has 2 nitrogen and oxygen atoms in total. The second-order valence-electron chi connectivity index (χ2n) is 4.34. The number of halogens is 1. The van der Waals surface area contributed by atoms with Gasteiger partial charge in [-0.05, 0) is 43.7 Å². The first-order chi connectivity index (χ1) is 7.68. The van der Waals surface area contributed by atoms with Crippen LogP contribution in [0.15, 0.2) is 29.8 Å². The molecule has 0 unspecified atom stereocenters. The largest absolute Gasteiger partial charge is 0.478 e. The summed E-state index contributed by atoms with van der Waals surface area (Å²) in [7, 11) is 0. The van der Waals surface area contributed by atoms with E-state index < -0.39 is 5.97 Å². The summed E-state index contributed by atoms with van der Waals surface area (Å²) >= 11 is 0. The number of carboxylic acid groups (broad SMARTS) is 1. The molecule has 0 aromatic heterocycles. The maximum atomic E-state index is 11.1. The Morgan fingerprint density at radius 1 is 1.12 bits per heavy atom. The molecule has 3 heteroatoms. The van der Waals surface area contributed by atoms with E-state index in [1.165, 1.54) is 5.56 Å². The van der Waals surface area contributed by atoms with E-state index in [4.69, 9.17) is 5.11 Å². The van der Waals surface area contributed by atoms with E-state index in [-0.39, 0.29) is 12.4 Å². The maximum absolute atomic E-state index is 11.1. The maximum Gasteiger partial charge on any atom is 0.331 e. The van der Waals surface area contributed by atoms with E-state index in [2.05, 4.69) is 0 Å². The molecule has 0 radical (unpaired) electrons. The molecule has 0 amide bonds. The summed E-state index contributed by atoms with van der Waals surface area (Å²) in [5, 5.41) is 9.17. The molecule has 0 bridgehead atoms. The van der Waals surface area contributed by atoms with Crippen LogP contribution in [0.1, 0.15) is 36.8 Å². The molecular weight excluding hydrogens is 236 g/mol. The van der Waals surface area contributed by atoms with E-state index in [0.29, 0.717) is 12.0 Å². The van der Waals surface area contributed by atoms with Gasteiger partial charge in [0.25, 0.3) is 0 Å². The molecule has 0 saturated heterocycles. The van der Waals surface area contributed by atoms with Crippen molar-refractivity contribution in [3.05, 3.63) is 41.0 Å². The lowest BCUT2D eigenvalue weighted by Crippen LogP contribution is -2.08. The number of hydrogen-bond donors (Lipinski definition) is 1. The number of carbonyl (C=O) groups is 1. The van der Waals surface area contributed by atoms with Crippen LogP contribution >= 0.6 is 12.4 Å². The van der Waals surface area contributed by atoms with Gasteiger partial charge in [-0.2, -0.15) is 0 Å². The number of rotatable bonds is 2. The van der Waals surface area contributed by atoms with Crippen molar-refractivity contribution in [2.45, 2.75) is 32.6 Å². The van der Waals surface area contributed by atoms with Crippen LogP contribution in [-0.4, -0.2) is 11.1 Å². The van der Waals surface area contributed by atoms with Crippen LogP contribution in [-0.2, 0) is 4.79 Å². The Bertz CT molecular complexity index is 432. The number of aryl methyl sites for hydroxylation is 1. The Hall–Kier alpha value is -1.28. The molecule has 2 rings (SSSR count). The average molecular weight is 253 g/mol. The molecule has 1 aliphatic rings. The van der Waals surface area contributed by atoms with E-state index in [1.807, 2.05) is 31.2 Å². The Kier molecular flexibility index (Phi) is 4.76. The summed E-state index contributed by atoms with van der Waals surface area (Å²) < 4.78 is 0. The van der Waals surface area contributed by atoms with Crippen LogP contribution in [0.25, 0.3) is 5.57 Å². The molecule has 0 spiro atoms. The fraction of sp³-hybridized carbons (Fsp3) is 0.357. The molecule has 0 heterocycles. The fourth-order valence-electron chi connectivity index (χ4n) is 2.21. The lowest BCUT2D eigenvalue weighted by atomic mass is 9.87. The van der Waals surface area contributed by atoms with Crippen molar-refractivity contribution in [2.24, 2.45) is 0 Å². The topological polar surface area (TPSA) is 37.3 Å². The van der Waals surface area contributed by atoms with Crippen molar-refractivity contribution >= 4 is 23.9 Å². The van der Waals surface area contributed by atoms with E-state index in [1.54, 1.807) is 0 Å². The molecule has 0 aliphatic heterocycles. The first-order valence-corrected chi connectivity index (χ1v) is 5.71. The van der Waals surface area contributed by atoms with Gasteiger partial charge in [0.1, 0.15) is 0 Å². The van der Waals surface area contributed by atoms with Crippen LogP contribution < -0.4 is 0 Å². The fourth-order valence-corrected chi connectivity index (χ4v) is 2.21. The second kappa shape index (κ2) is 5.87. The molecule has 92 valence electrons. The minimum Gasteiger partial charge on any atom is -0.478 e. The van der Waals surface area contributed by atoms with Gasteiger partial charge in [0.05, 0.1) is 0 Å². The third-order valence-corrected chi connectivity index (χ3v) is 3.13. The van der Waals surface area contributed by atoms with E-state index in [9.17, 15) is 4.79 Å². The highest BCUT2D eigenvalue weighted by Gasteiger charge is 2.19. The molecule has 0 fully saturated rings.